The van der Waals surface area contributed by atoms with Crippen molar-refractivity contribution in [2.75, 3.05) is 0 Å². The zero-order valence-electron chi connectivity index (χ0n) is 4.58. The van der Waals surface area contributed by atoms with Gasteiger partial charge in [0.15, 0.2) is 0 Å². The number of hydrogen-bond acceptors (Lipinski definition) is 1. The maximum absolute atomic E-state index is 12.1. The Morgan fingerprint density at radius 1 is 1.67 bits per heavy atom. The number of rotatable bonds is 0. The van der Waals surface area contributed by atoms with Gasteiger partial charge in [-0.25, -0.2) is 0 Å². The summed E-state index contributed by atoms with van der Waals surface area (Å²) in [5, 5.41) is 8.23. The van der Waals surface area contributed by atoms with Crippen molar-refractivity contribution in [2.24, 2.45) is 0 Å². The molecule has 0 saturated carbocycles. The maximum atomic E-state index is 12.1. The topological polar surface area (TPSA) is 27.7 Å². The van der Waals surface area contributed by atoms with Crippen LogP contribution in [0.1, 0.15) is 5.56 Å². The molecule has 0 fully saturated rings. The second-order valence-corrected chi connectivity index (χ2v) is 1.55. The van der Waals surface area contributed by atoms with E-state index in [1.54, 1.807) is 6.07 Å². The summed E-state index contributed by atoms with van der Waals surface area (Å²) in [7, 11) is 0. The van der Waals surface area contributed by atoms with Crippen LogP contribution in [0.15, 0.2) is 24.5 Å². The number of aromatic nitrogens is 1. The van der Waals surface area contributed by atoms with E-state index >= 15 is 0 Å². The Morgan fingerprint density at radius 3 is 2.89 bits per heavy atom. The Balaban J connectivity index is 3.12. The third-order valence-corrected chi connectivity index (χ3v) is 0.896. The summed E-state index contributed by atoms with van der Waals surface area (Å²) in [5.41, 5.74) is 0.319. The Bertz CT molecular complexity index is 251. The van der Waals surface area contributed by atoms with Crippen LogP contribution >= 0.6 is 0 Å². The summed E-state index contributed by atoms with van der Waals surface area (Å²) in [6.07, 6.45) is 2.33. The number of pyridine rings is 1. The molecule has 2 nitrogen and oxygen atoms in total. The summed E-state index contributed by atoms with van der Waals surface area (Å²) in [6.45, 7) is 0. The van der Waals surface area contributed by atoms with E-state index in [1.165, 1.54) is 18.3 Å². The molecule has 1 aromatic heterocycles. The smallest absolute Gasteiger partial charge is 0.192 e. The van der Waals surface area contributed by atoms with Crippen LogP contribution in [0.25, 0.3) is 0 Å². The van der Waals surface area contributed by atoms with Crippen LogP contribution in [0.4, 0.5) is 4.48 Å². The van der Waals surface area contributed by atoms with Gasteiger partial charge in [0, 0.05) is 10.9 Å². The fourth-order valence-corrected chi connectivity index (χ4v) is 0.514. The van der Waals surface area contributed by atoms with E-state index in [0.29, 0.717) is 10.4 Å². The van der Waals surface area contributed by atoms with Crippen molar-refractivity contribution in [3.63, 3.8) is 0 Å². The average Bonchev–Trinajstić information content (AvgIpc) is 1.88. The second-order valence-electron chi connectivity index (χ2n) is 1.55. The van der Waals surface area contributed by atoms with Crippen LogP contribution in [-0.2, 0) is 0 Å². The van der Waals surface area contributed by atoms with E-state index < -0.39 is 0 Å². The molecule has 0 radical (unpaired) electrons. The Morgan fingerprint density at radius 2 is 2.44 bits per heavy atom. The Labute approximate surface area is 51.7 Å². The SMILES string of the molecule is N#Cc1ccc[n+](F)c1. The predicted octanol–water partition coefficient (Wildman–Crippen LogP) is 0.578. The normalized spacial score (nSPS) is 8.44. The van der Waals surface area contributed by atoms with Crippen LogP contribution in [0.5, 0.6) is 0 Å². The fraction of sp³-hybridized carbons (Fsp3) is 0. The summed E-state index contributed by atoms with van der Waals surface area (Å²) in [5.74, 6) is 0. The van der Waals surface area contributed by atoms with Crippen LogP contribution in [0.3, 0.4) is 0 Å². The second kappa shape index (κ2) is 2.23. The van der Waals surface area contributed by atoms with Gasteiger partial charge in [0.2, 0.25) is 12.4 Å². The van der Waals surface area contributed by atoms with Gasteiger partial charge in [0.25, 0.3) is 0 Å². The fourth-order valence-electron chi connectivity index (χ4n) is 0.514. The molecule has 0 amide bonds. The van der Waals surface area contributed by atoms with Crippen molar-refractivity contribution < 1.29 is 9.27 Å². The molecular weight excluding hydrogens is 119 g/mol. The van der Waals surface area contributed by atoms with E-state index in [9.17, 15) is 4.48 Å². The molecule has 9 heavy (non-hydrogen) atoms. The lowest BCUT2D eigenvalue weighted by atomic mass is 10.3. The molecule has 0 unspecified atom stereocenters. The van der Waals surface area contributed by atoms with Crippen LogP contribution in [0.2, 0.25) is 0 Å². The van der Waals surface area contributed by atoms with E-state index in [1.807, 2.05) is 0 Å². The van der Waals surface area contributed by atoms with Crippen molar-refractivity contribution in [2.45, 2.75) is 0 Å². The lowest BCUT2D eigenvalue weighted by molar-refractivity contribution is -0.844. The van der Waals surface area contributed by atoms with Crippen LogP contribution in [0, 0.1) is 11.3 Å². The van der Waals surface area contributed by atoms with Gasteiger partial charge in [-0.3, -0.25) is 0 Å². The number of nitrogens with zero attached hydrogens (tertiary/aromatic N) is 2. The van der Waals surface area contributed by atoms with Gasteiger partial charge in [-0.05, 0) is 6.07 Å². The largest absolute Gasteiger partial charge is 0.236 e. The highest BCUT2D eigenvalue weighted by molar-refractivity contribution is 5.21. The summed E-state index contributed by atoms with van der Waals surface area (Å²) in [4.78, 5) is 0.346. The zero-order valence-corrected chi connectivity index (χ0v) is 4.58. The van der Waals surface area contributed by atoms with Gasteiger partial charge in [-0.2, -0.15) is 5.26 Å². The number of nitriles is 1. The summed E-state index contributed by atoms with van der Waals surface area (Å²) >= 11 is 0. The summed E-state index contributed by atoms with van der Waals surface area (Å²) < 4.78 is 12.1. The molecule has 0 aliphatic heterocycles. The van der Waals surface area contributed by atoms with E-state index in [4.69, 9.17) is 5.26 Å². The minimum absolute atomic E-state index is 0.319. The van der Waals surface area contributed by atoms with Gasteiger partial charge in [-0.1, -0.05) is 0 Å². The standard InChI is InChI=1S/C6H4FN2/c7-9-3-1-2-6(4-8)5-9/h1-3,5H/q+1. The minimum Gasteiger partial charge on any atom is -0.192 e. The molecule has 44 valence electrons. The Kier molecular flexibility index (Phi) is 1.41. The van der Waals surface area contributed by atoms with Crippen molar-refractivity contribution in [1.82, 2.24) is 0 Å². The molecule has 1 rings (SSSR count). The van der Waals surface area contributed by atoms with Crippen molar-refractivity contribution >= 4 is 0 Å². The first-order valence-electron chi connectivity index (χ1n) is 2.40. The third kappa shape index (κ3) is 1.23. The van der Waals surface area contributed by atoms with Gasteiger partial charge in [0.1, 0.15) is 11.6 Å². The van der Waals surface area contributed by atoms with E-state index in [0.717, 1.165) is 6.20 Å². The number of halogens is 1. The van der Waals surface area contributed by atoms with Crippen LogP contribution in [-0.4, -0.2) is 0 Å². The van der Waals surface area contributed by atoms with Crippen molar-refractivity contribution in [3.05, 3.63) is 30.1 Å². The predicted molar refractivity (Wildman–Crippen MR) is 27.9 cm³/mol. The molecule has 3 heteroatoms. The van der Waals surface area contributed by atoms with Gasteiger partial charge < -0.3 is 0 Å². The van der Waals surface area contributed by atoms with Crippen LogP contribution < -0.4 is 4.79 Å². The quantitative estimate of drug-likeness (QED) is 0.495. The van der Waals surface area contributed by atoms with Crippen molar-refractivity contribution in [3.8, 4) is 6.07 Å². The first-order valence-corrected chi connectivity index (χ1v) is 2.40. The molecule has 0 spiro atoms. The first-order chi connectivity index (χ1) is 4.33. The highest BCUT2D eigenvalue weighted by Crippen LogP contribution is 1.88. The average molecular weight is 123 g/mol. The Hall–Kier alpha value is -1.43. The van der Waals surface area contributed by atoms with Gasteiger partial charge >= 0.3 is 0 Å². The zero-order chi connectivity index (χ0) is 6.69. The lowest BCUT2D eigenvalue weighted by Crippen LogP contribution is -2.20. The molecule has 0 aliphatic rings. The maximum Gasteiger partial charge on any atom is 0.236 e. The van der Waals surface area contributed by atoms with Gasteiger partial charge in [-0.15, -0.1) is 0 Å². The van der Waals surface area contributed by atoms with E-state index in [2.05, 4.69) is 0 Å². The molecule has 0 aromatic carbocycles. The number of hydrogen-bond donors (Lipinski definition) is 0. The van der Waals surface area contributed by atoms with Gasteiger partial charge in [0.05, 0.1) is 4.48 Å². The first kappa shape index (κ1) is 5.70. The molecular formula is C6H4FN2+. The molecule has 0 saturated heterocycles. The molecule has 0 atom stereocenters. The molecule has 1 aromatic rings. The molecule has 1 heterocycles. The van der Waals surface area contributed by atoms with Crippen molar-refractivity contribution in [1.29, 1.82) is 5.26 Å². The lowest BCUT2D eigenvalue weighted by Gasteiger charge is -1.77. The highest BCUT2D eigenvalue weighted by atomic mass is 19.2. The van der Waals surface area contributed by atoms with E-state index in [-0.39, 0.29) is 0 Å². The molecule has 0 aliphatic carbocycles. The molecule has 0 bridgehead atoms. The summed E-state index contributed by atoms with van der Waals surface area (Å²) in [6, 6.07) is 4.82. The minimum atomic E-state index is 0.319. The molecule has 0 N–H and O–H groups in total. The third-order valence-electron chi connectivity index (χ3n) is 0.896. The monoisotopic (exact) mass is 123 g/mol. The highest BCUT2D eigenvalue weighted by Gasteiger charge is 1.97.